The van der Waals surface area contributed by atoms with Crippen LogP contribution in [0, 0.1) is 0 Å². The van der Waals surface area contributed by atoms with Crippen molar-refractivity contribution < 1.29 is 27.4 Å². The van der Waals surface area contributed by atoms with E-state index in [4.69, 9.17) is 23.4 Å². The second-order valence-electron chi connectivity index (χ2n) is 4.92. The molecule has 0 aliphatic carbocycles. The van der Waals surface area contributed by atoms with Crippen molar-refractivity contribution in [2.75, 3.05) is 0 Å². The van der Waals surface area contributed by atoms with Crippen molar-refractivity contribution in [3.05, 3.63) is 29.3 Å². The number of hydrazine groups is 1. The maximum atomic E-state index is 11.5. The number of amides is 1. The number of carbonyl (C=O) groups is 1. The van der Waals surface area contributed by atoms with Crippen LogP contribution in [0.4, 0.5) is 0 Å². The zero-order chi connectivity index (χ0) is 17.6. The van der Waals surface area contributed by atoms with E-state index in [0.717, 1.165) is 18.4 Å². The molecule has 1 aromatic carbocycles. The molecule has 9 heteroatoms. The number of phenols is 1. The summed E-state index contributed by atoms with van der Waals surface area (Å²) in [5.41, 5.74) is 3.31. The Morgan fingerprint density at radius 1 is 1.27 bits per heavy atom. The number of nitrogen functional groups attached to an aromatic ring is 1. The van der Waals surface area contributed by atoms with Gasteiger partial charge in [0.15, 0.2) is 0 Å². The average molecular weight is 334 g/mol. The van der Waals surface area contributed by atoms with E-state index in [1.807, 2.05) is 11.5 Å². The molecule has 0 fully saturated rings. The second-order valence-corrected chi connectivity index (χ2v) is 5.82. The van der Waals surface area contributed by atoms with Gasteiger partial charge in [-0.25, -0.2) is 5.84 Å². The fourth-order valence-corrected chi connectivity index (χ4v) is 1.83. The summed E-state index contributed by atoms with van der Waals surface area (Å²) in [6, 6.07) is 5.11. The molecule has 0 radical (unpaired) electrons. The molecule has 0 bridgehead atoms. The minimum absolute atomic E-state index is 0.0112. The molecule has 0 aliphatic rings. The summed E-state index contributed by atoms with van der Waals surface area (Å²) in [5, 5.41) is 9.63. The largest absolute Gasteiger partial charge is 0.507 e. The number of hydrogen-bond acceptors (Lipinski definition) is 5. The van der Waals surface area contributed by atoms with Gasteiger partial charge in [-0.2, -0.15) is 8.42 Å². The SMILES string of the molecule is CCC(C)(CC)c1ccc(O)c(C(=O)NN)c1.O=S(=O)(O)O. The lowest BCUT2D eigenvalue weighted by molar-refractivity contribution is 0.0950. The quantitative estimate of drug-likeness (QED) is 0.242. The van der Waals surface area contributed by atoms with E-state index < -0.39 is 16.3 Å². The third kappa shape index (κ3) is 6.39. The smallest absolute Gasteiger partial charge is 0.394 e. The first-order valence-electron chi connectivity index (χ1n) is 6.52. The number of aromatic hydroxyl groups is 1. The van der Waals surface area contributed by atoms with Crippen molar-refractivity contribution in [2.45, 2.75) is 39.0 Å². The molecular weight excluding hydrogens is 312 g/mol. The van der Waals surface area contributed by atoms with E-state index in [9.17, 15) is 9.90 Å². The van der Waals surface area contributed by atoms with E-state index in [1.54, 1.807) is 12.1 Å². The number of nitrogens with two attached hydrogens (primary N) is 1. The third-order valence-corrected chi connectivity index (χ3v) is 3.63. The number of nitrogens with one attached hydrogen (secondary N) is 1. The maximum Gasteiger partial charge on any atom is 0.394 e. The summed E-state index contributed by atoms with van der Waals surface area (Å²) >= 11 is 0. The molecule has 0 spiro atoms. The Hall–Kier alpha value is -1.68. The van der Waals surface area contributed by atoms with Gasteiger partial charge in [0.05, 0.1) is 5.56 Å². The van der Waals surface area contributed by atoms with Gasteiger partial charge in [-0.1, -0.05) is 26.8 Å². The molecule has 1 amide bonds. The van der Waals surface area contributed by atoms with Crippen molar-refractivity contribution in [1.29, 1.82) is 0 Å². The Kier molecular flexibility index (Phi) is 7.47. The van der Waals surface area contributed by atoms with Crippen LogP contribution >= 0.6 is 0 Å². The van der Waals surface area contributed by atoms with Crippen molar-refractivity contribution in [2.24, 2.45) is 5.84 Å². The van der Waals surface area contributed by atoms with Crippen molar-refractivity contribution in [1.82, 2.24) is 5.43 Å². The summed E-state index contributed by atoms with van der Waals surface area (Å²) in [4.78, 5) is 11.5. The summed E-state index contributed by atoms with van der Waals surface area (Å²) in [7, 11) is -4.67. The molecule has 0 heterocycles. The number of hydrogen-bond donors (Lipinski definition) is 5. The minimum atomic E-state index is -4.67. The fraction of sp³-hybridized carbons (Fsp3) is 0.462. The average Bonchev–Trinajstić information content (AvgIpc) is 2.44. The molecule has 8 nitrogen and oxygen atoms in total. The van der Waals surface area contributed by atoms with Gasteiger partial charge < -0.3 is 5.11 Å². The molecule has 0 saturated carbocycles. The highest BCUT2D eigenvalue weighted by Gasteiger charge is 2.24. The summed E-state index contributed by atoms with van der Waals surface area (Å²) in [6.45, 7) is 6.36. The Morgan fingerprint density at radius 3 is 2.09 bits per heavy atom. The monoisotopic (exact) mass is 334 g/mol. The first-order chi connectivity index (χ1) is 9.98. The summed E-state index contributed by atoms with van der Waals surface area (Å²) in [5.74, 6) is 4.56. The van der Waals surface area contributed by atoms with Crippen LogP contribution < -0.4 is 11.3 Å². The molecule has 1 aromatic rings. The second kappa shape index (κ2) is 8.08. The van der Waals surface area contributed by atoms with Crippen LogP contribution in [0.3, 0.4) is 0 Å². The maximum absolute atomic E-state index is 11.5. The Bertz CT molecular complexity index is 603. The van der Waals surface area contributed by atoms with Gasteiger partial charge in [0.1, 0.15) is 5.75 Å². The number of carbonyl (C=O) groups excluding carboxylic acids is 1. The topological polar surface area (TPSA) is 150 Å². The van der Waals surface area contributed by atoms with Gasteiger partial charge in [-0.05, 0) is 36.0 Å². The van der Waals surface area contributed by atoms with Gasteiger partial charge >= 0.3 is 10.4 Å². The van der Waals surface area contributed by atoms with Crippen LogP contribution in [0.25, 0.3) is 0 Å². The normalized spacial score (nSPS) is 11.4. The lowest BCUT2D eigenvalue weighted by Crippen LogP contribution is -2.30. The zero-order valence-electron chi connectivity index (χ0n) is 12.7. The fourth-order valence-electron chi connectivity index (χ4n) is 1.83. The first kappa shape index (κ1) is 20.3. The van der Waals surface area contributed by atoms with Crippen LogP contribution in [0.15, 0.2) is 18.2 Å². The summed E-state index contributed by atoms with van der Waals surface area (Å²) < 4.78 is 31.6. The molecule has 6 N–H and O–H groups in total. The van der Waals surface area contributed by atoms with E-state index in [1.165, 1.54) is 0 Å². The minimum Gasteiger partial charge on any atom is -0.507 e. The van der Waals surface area contributed by atoms with Crippen molar-refractivity contribution in [3.8, 4) is 5.75 Å². The van der Waals surface area contributed by atoms with Gasteiger partial charge in [0, 0.05) is 0 Å². The van der Waals surface area contributed by atoms with E-state index in [0.29, 0.717) is 0 Å². The first-order valence-corrected chi connectivity index (χ1v) is 7.92. The highest BCUT2D eigenvalue weighted by molar-refractivity contribution is 7.79. The molecule has 0 unspecified atom stereocenters. The predicted octanol–water partition coefficient (Wildman–Crippen LogP) is 1.42. The van der Waals surface area contributed by atoms with Gasteiger partial charge in [-0.15, -0.1) is 0 Å². The molecule has 1 rings (SSSR count). The van der Waals surface area contributed by atoms with Gasteiger partial charge in [0.25, 0.3) is 5.91 Å². The molecule has 0 atom stereocenters. The standard InChI is InChI=1S/C13H20N2O2.H2O4S/c1-4-13(3,5-2)9-6-7-11(16)10(8-9)12(17)15-14;1-5(2,3)4/h6-8,16H,4-5,14H2,1-3H3,(H,15,17);(H2,1,2,3,4). The molecule has 0 aliphatic heterocycles. The van der Waals surface area contributed by atoms with Crippen molar-refractivity contribution >= 4 is 16.3 Å². The van der Waals surface area contributed by atoms with Crippen LogP contribution in [-0.2, 0) is 15.8 Å². The van der Waals surface area contributed by atoms with E-state index in [-0.39, 0.29) is 16.7 Å². The van der Waals surface area contributed by atoms with E-state index >= 15 is 0 Å². The zero-order valence-corrected chi connectivity index (χ0v) is 13.5. The summed E-state index contributed by atoms with van der Waals surface area (Å²) in [6.07, 6.45) is 1.94. The molecule has 126 valence electrons. The highest BCUT2D eigenvalue weighted by Crippen LogP contribution is 2.33. The Labute approximate surface area is 129 Å². The van der Waals surface area contributed by atoms with Gasteiger partial charge in [-0.3, -0.25) is 19.3 Å². The third-order valence-electron chi connectivity index (χ3n) is 3.63. The Balaban J connectivity index is 0.000000763. The molecule has 0 aromatic heterocycles. The van der Waals surface area contributed by atoms with Crippen LogP contribution in [0.2, 0.25) is 0 Å². The van der Waals surface area contributed by atoms with Crippen LogP contribution in [-0.4, -0.2) is 28.5 Å². The molecular formula is C13H22N2O6S. The Morgan fingerprint density at radius 2 is 1.73 bits per heavy atom. The molecule has 0 saturated heterocycles. The highest BCUT2D eigenvalue weighted by atomic mass is 32.3. The van der Waals surface area contributed by atoms with Crippen LogP contribution in [0.5, 0.6) is 5.75 Å². The lowest BCUT2D eigenvalue weighted by Gasteiger charge is -2.27. The lowest BCUT2D eigenvalue weighted by atomic mass is 9.77. The number of rotatable bonds is 4. The van der Waals surface area contributed by atoms with E-state index in [2.05, 4.69) is 20.8 Å². The predicted molar refractivity (Wildman–Crippen MR) is 81.9 cm³/mol. The number of phenolic OH excluding ortho intramolecular Hbond substituents is 1. The van der Waals surface area contributed by atoms with Crippen molar-refractivity contribution in [3.63, 3.8) is 0 Å². The van der Waals surface area contributed by atoms with Gasteiger partial charge in [0.2, 0.25) is 0 Å². The number of benzene rings is 1. The van der Waals surface area contributed by atoms with Crippen LogP contribution in [0.1, 0.15) is 49.5 Å². The molecule has 22 heavy (non-hydrogen) atoms.